The van der Waals surface area contributed by atoms with Gasteiger partial charge in [0.15, 0.2) is 17.4 Å². The van der Waals surface area contributed by atoms with E-state index >= 15 is 4.39 Å². The van der Waals surface area contributed by atoms with Gasteiger partial charge in [0.2, 0.25) is 22.4 Å². The number of hydrogen-bond acceptors (Lipinski definition) is 11. The maximum absolute atomic E-state index is 15.7. The van der Waals surface area contributed by atoms with Crippen molar-refractivity contribution < 1.29 is 18.3 Å². The second kappa shape index (κ2) is 11.0. The summed E-state index contributed by atoms with van der Waals surface area (Å²) >= 11 is 1.29. The van der Waals surface area contributed by atoms with Crippen LogP contribution < -0.4 is 19.8 Å². The van der Waals surface area contributed by atoms with Gasteiger partial charge in [-0.25, -0.2) is 9.37 Å². The van der Waals surface area contributed by atoms with Crippen molar-refractivity contribution in [3.05, 3.63) is 58.5 Å². The van der Waals surface area contributed by atoms with Gasteiger partial charge in [0, 0.05) is 37.9 Å². The summed E-state index contributed by atoms with van der Waals surface area (Å²) in [5, 5.41) is 16.1. The van der Waals surface area contributed by atoms with Crippen LogP contribution in [0.4, 0.5) is 10.1 Å². The van der Waals surface area contributed by atoms with E-state index in [0.717, 1.165) is 24.4 Å². The number of ether oxygens (including phenoxy) is 2. The molecule has 0 saturated carbocycles. The number of H-pyrrole nitrogens is 1. The first kappa shape index (κ1) is 27.4. The number of rotatable bonds is 7. The molecule has 0 amide bonds. The Balaban J connectivity index is 1.16. The van der Waals surface area contributed by atoms with Gasteiger partial charge in [0.1, 0.15) is 18.0 Å². The minimum atomic E-state index is -0.468. The highest BCUT2D eigenvalue weighted by Gasteiger charge is 2.31. The monoisotopic (exact) mass is 604 g/mol. The Morgan fingerprint density at radius 2 is 1.95 bits per heavy atom. The molecule has 0 radical (unpaired) electrons. The summed E-state index contributed by atoms with van der Waals surface area (Å²) in [4.78, 5) is 22.5. The Labute approximate surface area is 249 Å². The van der Waals surface area contributed by atoms with Crippen LogP contribution in [0.25, 0.3) is 33.7 Å². The SMILES string of the molecule is COc1ccc(-c2nnc(CSc3n[nH]c(-c4cn5c6c(c(N7CCN(C)CC7)c(F)cc6c4=O)OC[C@@H]5C)n3)o2)cc1. The lowest BCUT2D eigenvalue weighted by Gasteiger charge is -2.37. The Kier molecular flexibility index (Phi) is 7.01. The third-order valence-corrected chi connectivity index (χ3v) is 8.64. The van der Waals surface area contributed by atoms with Gasteiger partial charge in [-0.3, -0.25) is 9.89 Å². The van der Waals surface area contributed by atoms with Crippen molar-refractivity contribution in [1.82, 2.24) is 34.8 Å². The third-order valence-electron chi connectivity index (χ3n) is 7.81. The summed E-state index contributed by atoms with van der Waals surface area (Å²) in [7, 11) is 3.66. The molecule has 0 unspecified atom stereocenters. The maximum atomic E-state index is 15.7. The topological polar surface area (TPSA) is 127 Å². The normalized spacial score (nSPS) is 16.9. The quantitative estimate of drug-likeness (QED) is 0.271. The van der Waals surface area contributed by atoms with E-state index in [4.69, 9.17) is 13.9 Å². The molecule has 12 nitrogen and oxygen atoms in total. The van der Waals surface area contributed by atoms with Crippen molar-refractivity contribution >= 4 is 28.4 Å². The predicted molar refractivity (Wildman–Crippen MR) is 159 cm³/mol. The summed E-state index contributed by atoms with van der Waals surface area (Å²) in [5.74, 6) is 2.12. The molecule has 5 heterocycles. The van der Waals surface area contributed by atoms with Crippen LogP contribution in [0.15, 0.2) is 50.9 Å². The number of anilines is 1. The molecular formula is C29H29FN8O4S. The van der Waals surface area contributed by atoms with Crippen LogP contribution in [0.2, 0.25) is 0 Å². The van der Waals surface area contributed by atoms with E-state index in [0.29, 0.717) is 70.7 Å². The average molecular weight is 605 g/mol. The largest absolute Gasteiger partial charge is 0.497 e. The van der Waals surface area contributed by atoms with E-state index in [1.807, 2.05) is 47.7 Å². The summed E-state index contributed by atoms with van der Waals surface area (Å²) in [6, 6.07) is 8.58. The Morgan fingerprint density at radius 1 is 1.16 bits per heavy atom. The van der Waals surface area contributed by atoms with Gasteiger partial charge in [-0.1, -0.05) is 11.8 Å². The second-order valence-corrected chi connectivity index (χ2v) is 11.6. The molecule has 1 fully saturated rings. The maximum Gasteiger partial charge on any atom is 0.247 e. The molecule has 1 saturated heterocycles. The van der Waals surface area contributed by atoms with Crippen molar-refractivity contribution in [2.45, 2.75) is 23.9 Å². The number of aromatic nitrogens is 6. The summed E-state index contributed by atoms with van der Waals surface area (Å²) in [5.41, 5.74) is 1.75. The number of pyridine rings is 1. The fourth-order valence-corrected chi connectivity index (χ4v) is 6.06. The zero-order valence-electron chi connectivity index (χ0n) is 23.8. The molecule has 5 aromatic rings. The molecule has 2 aromatic carbocycles. The van der Waals surface area contributed by atoms with Crippen molar-refractivity contribution in [2.24, 2.45) is 0 Å². The molecule has 43 heavy (non-hydrogen) atoms. The van der Waals surface area contributed by atoms with E-state index in [-0.39, 0.29) is 16.9 Å². The molecule has 222 valence electrons. The van der Waals surface area contributed by atoms with E-state index in [1.54, 1.807) is 13.3 Å². The molecule has 0 spiro atoms. The lowest BCUT2D eigenvalue weighted by atomic mass is 10.0. The standard InChI is InChI=1S/C29H29FN8O4S/c1-16-14-41-26-23-19(12-21(30)24(26)37-10-8-36(2)9-11-37)25(39)20(13-38(16)23)27-31-29(35-33-27)43-15-22-32-34-28(42-22)17-4-6-18(40-3)7-5-17/h4-7,12-13,16H,8-11,14-15H2,1-3H3,(H,31,33,35)/t16-/m0/s1. The number of benzene rings is 2. The fourth-order valence-electron chi connectivity index (χ4n) is 5.42. The number of nitrogens with one attached hydrogen (secondary N) is 1. The molecule has 1 atom stereocenters. The average Bonchev–Trinajstić information content (AvgIpc) is 3.70. The number of nitrogens with zero attached hydrogens (tertiary/aromatic N) is 7. The van der Waals surface area contributed by atoms with Gasteiger partial charge in [-0.15, -0.1) is 15.3 Å². The van der Waals surface area contributed by atoms with Gasteiger partial charge in [0.25, 0.3) is 0 Å². The fraction of sp³-hybridized carbons (Fsp3) is 0.345. The molecule has 3 aromatic heterocycles. The predicted octanol–water partition coefficient (Wildman–Crippen LogP) is 3.98. The van der Waals surface area contributed by atoms with Crippen molar-refractivity contribution in [3.63, 3.8) is 0 Å². The number of thioether (sulfide) groups is 1. The number of hydrogen-bond donors (Lipinski definition) is 1. The number of methoxy groups -OCH3 is 1. The van der Waals surface area contributed by atoms with Crippen LogP contribution in [0.1, 0.15) is 18.9 Å². The molecule has 14 heteroatoms. The molecule has 2 aliphatic rings. The van der Waals surface area contributed by atoms with E-state index in [9.17, 15) is 4.79 Å². The van der Waals surface area contributed by atoms with Crippen LogP contribution in [0.5, 0.6) is 11.5 Å². The first-order valence-electron chi connectivity index (χ1n) is 13.9. The van der Waals surface area contributed by atoms with Crippen LogP contribution in [-0.2, 0) is 5.75 Å². The van der Waals surface area contributed by atoms with Gasteiger partial charge in [-0.05, 0) is 44.3 Å². The second-order valence-electron chi connectivity index (χ2n) is 10.6. The zero-order valence-corrected chi connectivity index (χ0v) is 24.7. The Hall–Kier alpha value is -4.43. The third kappa shape index (κ3) is 4.99. The van der Waals surface area contributed by atoms with Crippen LogP contribution in [0, 0.1) is 5.82 Å². The number of likely N-dealkylation sites (N-methyl/N-ethyl adjacent to an activating group) is 1. The van der Waals surface area contributed by atoms with Crippen molar-refractivity contribution in [3.8, 4) is 34.3 Å². The number of halogens is 1. The van der Waals surface area contributed by atoms with Gasteiger partial charge >= 0.3 is 0 Å². The summed E-state index contributed by atoms with van der Waals surface area (Å²) in [6.45, 7) is 5.36. The van der Waals surface area contributed by atoms with Crippen molar-refractivity contribution in [2.75, 3.05) is 51.8 Å². The van der Waals surface area contributed by atoms with Crippen LogP contribution in [0.3, 0.4) is 0 Å². The Morgan fingerprint density at radius 3 is 2.72 bits per heavy atom. The molecular weight excluding hydrogens is 575 g/mol. The molecule has 1 N–H and O–H groups in total. The first-order valence-corrected chi connectivity index (χ1v) is 14.9. The van der Waals surface area contributed by atoms with E-state index < -0.39 is 5.82 Å². The minimum Gasteiger partial charge on any atom is -0.497 e. The van der Waals surface area contributed by atoms with Crippen LogP contribution in [-0.4, -0.2) is 81.8 Å². The summed E-state index contributed by atoms with van der Waals surface area (Å²) in [6.07, 6.45) is 1.76. The molecule has 2 aliphatic heterocycles. The lowest BCUT2D eigenvalue weighted by Crippen LogP contribution is -2.45. The van der Waals surface area contributed by atoms with Gasteiger partial charge in [0.05, 0.1) is 35.4 Å². The molecule has 7 rings (SSSR count). The smallest absolute Gasteiger partial charge is 0.247 e. The van der Waals surface area contributed by atoms with Crippen molar-refractivity contribution in [1.29, 1.82) is 0 Å². The van der Waals surface area contributed by atoms with E-state index in [2.05, 4.69) is 30.3 Å². The van der Waals surface area contributed by atoms with E-state index in [1.165, 1.54) is 17.8 Å². The zero-order chi connectivity index (χ0) is 29.7. The highest BCUT2D eigenvalue weighted by Crippen LogP contribution is 2.42. The molecule has 0 aliphatic carbocycles. The Bertz CT molecular complexity index is 1860. The molecule has 0 bridgehead atoms. The number of aromatic amines is 1. The number of piperazine rings is 1. The van der Waals surface area contributed by atoms with Crippen LogP contribution >= 0.6 is 11.8 Å². The highest BCUT2D eigenvalue weighted by molar-refractivity contribution is 7.98. The van der Waals surface area contributed by atoms with Gasteiger partial charge in [-0.2, -0.15) is 0 Å². The summed E-state index contributed by atoms with van der Waals surface area (Å²) < 4.78 is 34.7. The lowest BCUT2D eigenvalue weighted by molar-refractivity contribution is 0.245. The van der Waals surface area contributed by atoms with Gasteiger partial charge < -0.3 is 28.3 Å². The first-order chi connectivity index (χ1) is 20.9. The highest BCUT2D eigenvalue weighted by atomic mass is 32.2. The minimum absolute atomic E-state index is 0.0747.